The van der Waals surface area contributed by atoms with Gasteiger partial charge in [0.05, 0.1) is 6.04 Å². The van der Waals surface area contributed by atoms with E-state index >= 15 is 0 Å². The zero-order valence-corrected chi connectivity index (χ0v) is 14.1. The van der Waals surface area contributed by atoms with Gasteiger partial charge in [-0.3, -0.25) is 14.8 Å². The number of likely N-dealkylation sites (tertiary alicyclic amines) is 1. The summed E-state index contributed by atoms with van der Waals surface area (Å²) in [6.07, 6.45) is 5.88. The van der Waals surface area contributed by atoms with Crippen LogP contribution in [0.1, 0.15) is 33.6 Å². The molecule has 0 bridgehead atoms. The van der Waals surface area contributed by atoms with Crippen LogP contribution in [-0.2, 0) is 11.8 Å². The minimum Gasteiger partial charge on any atom is -0.333 e. The fourth-order valence-corrected chi connectivity index (χ4v) is 3.47. The quantitative estimate of drug-likeness (QED) is 0.904. The van der Waals surface area contributed by atoms with E-state index in [1.807, 2.05) is 30.8 Å². The van der Waals surface area contributed by atoms with E-state index in [0.29, 0.717) is 17.9 Å². The molecular formula is C16H24N6O. The molecule has 2 N–H and O–H groups in total. The topological polar surface area (TPSA) is 78.8 Å². The molecule has 1 saturated heterocycles. The van der Waals surface area contributed by atoms with Crippen molar-refractivity contribution in [3.63, 3.8) is 0 Å². The lowest BCUT2D eigenvalue weighted by atomic mass is 10.2. The molecule has 0 radical (unpaired) electrons. The molecule has 0 spiro atoms. The lowest BCUT2D eigenvalue weighted by Crippen LogP contribution is -2.46. The summed E-state index contributed by atoms with van der Waals surface area (Å²) < 4.78 is 1.90. The van der Waals surface area contributed by atoms with Crippen LogP contribution in [0.5, 0.6) is 0 Å². The van der Waals surface area contributed by atoms with Crippen molar-refractivity contribution in [3.05, 3.63) is 18.5 Å². The minimum atomic E-state index is -0.171. The summed E-state index contributed by atoms with van der Waals surface area (Å²) in [7, 11) is 1.92. The summed E-state index contributed by atoms with van der Waals surface area (Å²) >= 11 is 0. The van der Waals surface area contributed by atoms with Gasteiger partial charge in [0.1, 0.15) is 5.69 Å². The molecule has 1 fully saturated rings. The first-order chi connectivity index (χ1) is 11.0. The van der Waals surface area contributed by atoms with Gasteiger partial charge in [0.25, 0.3) is 0 Å². The van der Waals surface area contributed by atoms with Gasteiger partial charge < -0.3 is 9.88 Å². The number of hydrogen-bond acceptors (Lipinski definition) is 4. The highest BCUT2D eigenvalue weighted by Crippen LogP contribution is 2.26. The number of hydrogen-bond donors (Lipinski definition) is 2. The van der Waals surface area contributed by atoms with E-state index in [1.54, 1.807) is 6.20 Å². The van der Waals surface area contributed by atoms with E-state index in [1.165, 1.54) is 0 Å². The second-order valence-electron chi connectivity index (χ2n) is 6.42. The molecule has 1 aliphatic rings. The summed E-state index contributed by atoms with van der Waals surface area (Å²) in [5.74, 6) is 1.29. The standard InChI is InChI=1S/C16H24N6O/c1-10-5-6-11(2)22(10)12(3)16(23)18-14-9-13(19-20-14)15-17-7-8-21(15)4/h7-12H,5-6H2,1-4H3,(H2,18,19,20,23)/t10-,11-,12-/m1/s1. The Morgan fingerprint density at radius 2 is 2.09 bits per heavy atom. The minimum absolute atomic E-state index is 0.0245. The fraction of sp³-hybridized carbons (Fsp3) is 0.562. The lowest BCUT2D eigenvalue weighted by molar-refractivity contribution is -0.121. The van der Waals surface area contributed by atoms with Gasteiger partial charge >= 0.3 is 0 Å². The van der Waals surface area contributed by atoms with Crippen LogP contribution in [0.15, 0.2) is 18.5 Å². The monoisotopic (exact) mass is 316 g/mol. The summed E-state index contributed by atoms with van der Waals surface area (Å²) in [5.41, 5.74) is 0.781. The van der Waals surface area contributed by atoms with E-state index in [4.69, 9.17) is 0 Å². The molecule has 124 valence electrons. The second kappa shape index (κ2) is 6.16. The molecule has 3 heterocycles. The summed E-state index contributed by atoms with van der Waals surface area (Å²) in [5, 5.41) is 9.99. The van der Waals surface area contributed by atoms with Gasteiger partial charge in [-0.05, 0) is 33.6 Å². The van der Waals surface area contributed by atoms with Gasteiger partial charge in [-0.25, -0.2) is 4.98 Å². The van der Waals surface area contributed by atoms with Crippen molar-refractivity contribution in [1.29, 1.82) is 0 Å². The van der Waals surface area contributed by atoms with Crippen LogP contribution in [0.25, 0.3) is 11.5 Å². The number of H-pyrrole nitrogens is 1. The van der Waals surface area contributed by atoms with Crippen LogP contribution in [-0.4, -0.2) is 48.7 Å². The van der Waals surface area contributed by atoms with E-state index in [9.17, 15) is 4.79 Å². The lowest BCUT2D eigenvalue weighted by Gasteiger charge is -2.31. The largest absolute Gasteiger partial charge is 0.333 e. The number of anilines is 1. The number of aromatic nitrogens is 4. The van der Waals surface area contributed by atoms with Crippen molar-refractivity contribution < 1.29 is 4.79 Å². The number of imidazole rings is 1. The normalized spacial score (nSPS) is 23.1. The molecule has 23 heavy (non-hydrogen) atoms. The van der Waals surface area contributed by atoms with Crippen molar-refractivity contribution >= 4 is 11.7 Å². The van der Waals surface area contributed by atoms with E-state index in [2.05, 4.69) is 39.2 Å². The number of rotatable bonds is 4. The zero-order valence-electron chi connectivity index (χ0n) is 14.1. The third-order valence-electron chi connectivity index (χ3n) is 4.74. The second-order valence-corrected chi connectivity index (χ2v) is 6.42. The van der Waals surface area contributed by atoms with Gasteiger partial charge in [0, 0.05) is 37.6 Å². The smallest absolute Gasteiger partial charge is 0.242 e. The highest BCUT2D eigenvalue weighted by Gasteiger charge is 2.34. The highest BCUT2D eigenvalue weighted by molar-refractivity contribution is 5.94. The first-order valence-electron chi connectivity index (χ1n) is 8.08. The molecule has 7 nitrogen and oxygen atoms in total. The van der Waals surface area contributed by atoms with Crippen molar-refractivity contribution in [3.8, 4) is 11.5 Å². The molecule has 0 saturated carbocycles. The van der Waals surface area contributed by atoms with Crippen LogP contribution in [0.3, 0.4) is 0 Å². The molecule has 7 heteroatoms. The van der Waals surface area contributed by atoms with Crippen molar-refractivity contribution in [1.82, 2.24) is 24.6 Å². The van der Waals surface area contributed by atoms with Crippen molar-refractivity contribution in [2.45, 2.75) is 51.7 Å². The molecule has 0 unspecified atom stereocenters. The fourth-order valence-electron chi connectivity index (χ4n) is 3.47. The van der Waals surface area contributed by atoms with Gasteiger partial charge in [-0.2, -0.15) is 5.10 Å². The van der Waals surface area contributed by atoms with Crippen LogP contribution in [0.4, 0.5) is 5.82 Å². The van der Waals surface area contributed by atoms with Crippen molar-refractivity contribution in [2.75, 3.05) is 5.32 Å². The van der Waals surface area contributed by atoms with E-state index < -0.39 is 0 Å². The Kier molecular flexibility index (Phi) is 4.21. The number of nitrogens with one attached hydrogen (secondary N) is 2. The SMILES string of the molecule is C[C@@H]1CC[C@@H](C)N1[C@H](C)C(=O)Nc1cc(-c2nccn2C)[nH]n1. The number of aromatic amines is 1. The Bertz CT molecular complexity index is 680. The zero-order chi connectivity index (χ0) is 16.6. The van der Waals surface area contributed by atoms with Crippen molar-refractivity contribution in [2.24, 2.45) is 7.05 Å². The molecule has 0 aromatic carbocycles. The van der Waals surface area contributed by atoms with Crippen LogP contribution >= 0.6 is 0 Å². The summed E-state index contributed by atoms with van der Waals surface area (Å²) in [6.45, 7) is 6.32. The van der Waals surface area contributed by atoms with E-state index in [-0.39, 0.29) is 11.9 Å². The van der Waals surface area contributed by atoms with Crippen LogP contribution in [0.2, 0.25) is 0 Å². The van der Waals surface area contributed by atoms with Gasteiger partial charge in [0.2, 0.25) is 5.91 Å². The Hall–Kier alpha value is -2.15. The Morgan fingerprint density at radius 1 is 1.39 bits per heavy atom. The molecule has 1 aliphatic heterocycles. The van der Waals surface area contributed by atoms with Crippen LogP contribution < -0.4 is 5.32 Å². The molecule has 2 aromatic rings. The molecule has 2 aromatic heterocycles. The molecule has 1 amide bonds. The maximum Gasteiger partial charge on any atom is 0.242 e. The Morgan fingerprint density at radius 3 is 2.70 bits per heavy atom. The average molecular weight is 316 g/mol. The summed E-state index contributed by atoms with van der Waals surface area (Å²) in [4.78, 5) is 19.1. The Balaban J connectivity index is 1.69. The third kappa shape index (κ3) is 3.01. The third-order valence-corrected chi connectivity index (χ3v) is 4.74. The molecule has 3 atom stereocenters. The highest BCUT2D eigenvalue weighted by atomic mass is 16.2. The first kappa shape index (κ1) is 15.7. The number of aryl methyl sites for hydroxylation is 1. The summed E-state index contributed by atoms with van der Waals surface area (Å²) in [6, 6.07) is 2.51. The van der Waals surface area contributed by atoms with Gasteiger partial charge in [0.15, 0.2) is 11.6 Å². The van der Waals surface area contributed by atoms with Gasteiger partial charge in [-0.15, -0.1) is 0 Å². The number of carbonyl (C=O) groups excluding carboxylic acids is 1. The van der Waals surface area contributed by atoms with Gasteiger partial charge in [-0.1, -0.05) is 0 Å². The van der Waals surface area contributed by atoms with Crippen LogP contribution in [0, 0.1) is 0 Å². The Labute approximate surface area is 136 Å². The van der Waals surface area contributed by atoms with E-state index in [0.717, 1.165) is 24.4 Å². The maximum atomic E-state index is 12.5. The molecule has 0 aliphatic carbocycles. The number of carbonyl (C=O) groups is 1. The number of nitrogens with zero attached hydrogens (tertiary/aromatic N) is 4. The predicted octanol–water partition coefficient (Wildman–Crippen LogP) is 2.01. The predicted molar refractivity (Wildman–Crippen MR) is 88.9 cm³/mol. The maximum absolute atomic E-state index is 12.5. The first-order valence-corrected chi connectivity index (χ1v) is 8.08. The number of amides is 1. The molecular weight excluding hydrogens is 292 g/mol. The average Bonchev–Trinajstić information content (AvgIpc) is 3.20. The molecule has 3 rings (SSSR count).